The normalized spacial score (nSPS) is 28.9. The van der Waals surface area contributed by atoms with Gasteiger partial charge in [0.25, 0.3) is 0 Å². The first-order valence-corrected chi connectivity index (χ1v) is 7.95. The number of carboxylic acids is 1. The highest BCUT2D eigenvalue weighted by molar-refractivity contribution is 5.69. The standard InChI is InChI=1S/C15H28N2O3/c18-6-5-13-7-14(10-17(9-13)11-15(19)20)16-8-12-3-1-2-4-12/h12-14,16,18H,1-11H2,(H,19,20). The van der Waals surface area contributed by atoms with E-state index in [0.29, 0.717) is 12.0 Å². The summed E-state index contributed by atoms with van der Waals surface area (Å²) in [5.41, 5.74) is 0. The van der Waals surface area contributed by atoms with E-state index < -0.39 is 5.97 Å². The highest BCUT2D eigenvalue weighted by Crippen LogP contribution is 2.25. The zero-order valence-corrected chi connectivity index (χ0v) is 12.3. The fraction of sp³-hybridized carbons (Fsp3) is 0.933. The molecule has 1 aliphatic carbocycles. The van der Waals surface area contributed by atoms with Gasteiger partial charge in [0, 0.05) is 25.7 Å². The minimum absolute atomic E-state index is 0.115. The summed E-state index contributed by atoms with van der Waals surface area (Å²) < 4.78 is 0. The number of carbonyl (C=O) groups is 1. The van der Waals surface area contributed by atoms with Crippen molar-refractivity contribution in [3.05, 3.63) is 0 Å². The molecule has 2 fully saturated rings. The van der Waals surface area contributed by atoms with Crippen LogP contribution in [0.1, 0.15) is 38.5 Å². The van der Waals surface area contributed by atoms with Gasteiger partial charge in [-0.3, -0.25) is 9.69 Å². The Morgan fingerprint density at radius 1 is 1.20 bits per heavy atom. The van der Waals surface area contributed by atoms with Crippen molar-refractivity contribution >= 4 is 5.97 Å². The Hall–Kier alpha value is -0.650. The van der Waals surface area contributed by atoms with Crippen LogP contribution < -0.4 is 5.32 Å². The third kappa shape index (κ3) is 5.04. The van der Waals surface area contributed by atoms with Gasteiger partial charge in [0.2, 0.25) is 0 Å². The fourth-order valence-corrected chi connectivity index (χ4v) is 3.71. The first-order valence-electron chi connectivity index (χ1n) is 7.95. The summed E-state index contributed by atoms with van der Waals surface area (Å²) in [6, 6.07) is 0.375. The summed E-state index contributed by atoms with van der Waals surface area (Å²) in [5.74, 6) is 0.458. The Labute approximate surface area is 121 Å². The van der Waals surface area contributed by atoms with Crippen molar-refractivity contribution in [2.45, 2.75) is 44.6 Å². The first kappa shape index (κ1) is 15.7. The summed E-state index contributed by atoms with van der Waals surface area (Å²) in [6.45, 7) is 3.00. The molecule has 0 bridgehead atoms. The zero-order valence-electron chi connectivity index (χ0n) is 12.3. The molecular formula is C15H28N2O3. The monoisotopic (exact) mass is 284 g/mol. The van der Waals surface area contributed by atoms with E-state index in [0.717, 1.165) is 38.4 Å². The molecule has 0 aromatic heterocycles. The third-order valence-corrected chi connectivity index (χ3v) is 4.68. The molecule has 0 spiro atoms. The molecule has 20 heavy (non-hydrogen) atoms. The molecule has 0 aromatic carbocycles. The Morgan fingerprint density at radius 2 is 1.95 bits per heavy atom. The number of nitrogens with zero attached hydrogens (tertiary/aromatic N) is 1. The van der Waals surface area contributed by atoms with Crippen LogP contribution in [0.15, 0.2) is 0 Å². The number of aliphatic carboxylic acids is 1. The molecule has 2 aliphatic rings. The molecule has 0 aromatic rings. The van der Waals surface area contributed by atoms with Crippen LogP contribution in [-0.4, -0.2) is 59.9 Å². The highest BCUT2D eigenvalue weighted by atomic mass is 16.4. The average Bonchev–Trinajstić information content (AvgIpc) is 2.89. The van der Waals surface area contributed by atoms with Crippen LogP contribution in [0.4, 0.5) is 0 Å². The molecular weight excluding hydrogens is 256 g/mol. The van der Waals surface area contributed by atoms with E-state index >= 15 is 0 Å². The quantitative estimate of drug-likeness (QED) is 0.648. The molecule has 1 heterocycles. The van der Waals surface area contributed by atoms with E-state index in [2.05, 4.69) is 5.32 Å². The van der Waals surface area contributed by atoms with Crippen molar-refractivity contribution in [1.29, 1.82) is 0 Å². The number of piperidine rings is 1. The third-order valence-electron chi connectivity index (χ3n) is 4.68. The zero-order chi connectivity index (χ0) is 14.4. The summed E-state index contributed by atoms with van der Waals surface area (Å²) in [7, 11) is 0. The molecule has 2 atom stereocenters. The van der Waals surface area contributed by atoms with E-state index in [1.54, 1.807) is 0 Å². The summed E-state index contributed by atoms with van der Waals surface area (Å²) in [4.78, 5) is 12.9. The van der Waals surface area contributed by atoms with Crippen molar-refractivity contribution in [2.75, 3.05) is 32.8 Å². The molecule has 0 radical (unpaired) electrons. The van der Waals surface area contributed by atoms with Gasteiger partial charge in [-0.15, -0.1) is 0 Å². The number of likely N-dealkylation sites (tertiary alicyclic amines) is 1. The second-order valence-corrected chi connectivity index (χ2v) is 6.46. The van der Waals surface area contributed by atoms with Crippen LogP contribution in [0.3, 0.4) is 0 Å². The van der Waals surface area contributed by atoms with Gasteiger partial charge in [-0.2, -0.15) is 0 Å². The first-order chi connectivity index (χ1) is 9.67. The van der Waals surface area contributed by atoms with Crippen molar-refractivity contribution in [3.8, 4) is 0 Å². The number of aliphatic hydroxyl groups excluding tert-OH is 1. The molecule has 5 heteroatoms. The van der Waals surface area contributed by atoms with Crippen molar-refractivity contribution in [1.82, 2.24) is 10.2 Å². The van der Waals surface area contributed by atoms with Crippen LogP contribution in [0, 0.1) is 11.8 Å². The van der Waals surface area contributed by atoms with E-state index in [1.807, 2.05) is 4.90 Å². The van der Waals surface area contributed by atoms with E-state index in [4.69, 9.17) is 10.2 Å². The van der Waals surface area contributed by atoms with Crippen molar-refractivity contribution in [3.63, 3.8) is 0 Å². The lowest BCUT2D eigenvalue weighted by molar-refractivity contribution is -0.138. The second kappa shape index (κ2) is 7.96. The minimum atomic E-state index is -0.760. The molecule has 0 amide bonds. The Balaban J connectivity index is 1.80. The molecule has 3 N–H and O–H groups in total. The van der Waals surface area contributed by atoms with E-state index in [-0.39, 0.29) is 13.2 Å². The number of nitrogens with one attached hydrogen (secondary N) is 1. The lowest BCUT2D eigenvalue weighted by Crippen LogP contribution is -2.51. The molecule has 5 nitrogen and oxygen atoms in total. The van der Waals surface area contributed by atoms with Gasteiger partial charge >= 0.3 is 5.97 Å². The average molecular weight is 284 g/mol. The highest BCUT2D eigenvalue weighted by Gasteiger charge is 2.28. The largest absolute Gasteiger partial charge is 0.480 e. The summed E-state index contributed by atoms with van der Waals surface area (Å²) in [5, 5.41) is 21.7. The van der Waals surface area contributed by atoms with Crippen LogP contribution in [0.5, 0.6) is 0 Å². The topological polar surface area (TPSA) is 72.8 Å². The Kier molecular flexibility index (Phi) is 6.26. The summed E-state index contributed by atoms with van der Waals surface area (Å²) in [6.07, 6.45) is 7.21. The number of rotatable bonds is 7. The van der Waals surface area contributed by atoms with Crippen molar-refractivity contribution in [2.24, 2.45) is 11.8 Å². The number of aliphatic hydroxyl groups is 1. The molecule has 1 saturated carbocycles. The molecule has 1 saturated heterocycles. The Bertz CT molecular complexity index is 305. The van der Waals surface area contributed by atoms with Crippen LogP contribution in [0.2, 0.25) is 0 Å². The van der Waals surface area contributed by atoms with Crippen LogP contribution >= 0.6 is 0 Å². The van der Waals surface area contributed by atoms with Gasteiger partial charge in [-0.25, -0.2) is 0 Å². The number of hydrogen-bond donors (Lipinski definition) is 3. The maximum atomic E-state index is 10.9. The van der Waals surface area contributed by atoms with Crippen LogP contribution in [-0.2, 0) is 4.79 Å². The molecule has 1 aliphatic heterocycles. The fourth-order valence-electron chi connectivity index (χ4n) is 3.71. The van der Waals surface area contributed by atoms with Crippen LogP contribution in [0.25, 0.3) is 0 Å². The van der Waals surface area contributed by atoms with E-state index in [1.165, 1.54) is 25.7 Å². The van der Waals surface area contributed by atoms with Gasteiger partial charge in [0.15, 0.2) is 0 Å². The predicted octanol–water partition coefficient (Wildman–Crippen LogP) is 0.924. The predicted molar refractivity (Wildman–Crippen MR) is 77.6 cm³/mol. The molecule has 2 unspecified atom stereocenters. The van der Waals surface area contributed by atoms with Gasteiger partial charge in [-0.05, 0) is 44.1 Å². The SMILES string of the molecule is O=C(O)CN1CC(CCO)CC(NCC2CCCC2)C1. The number of carboxylic acid groups (broad SMARTS) is 1. The maximum absolute atomic E-state index is 10.9. The molecule has 2 rings (SSSR count). The summed E-state index contributed by atoms with van der Waals surface area (Å²) >= 11 is 0. The van der Waals surface area contributed by atoms with Gasteiger partial charge < -0.3 is 15.5 Å². The molecule has 116 valence electrons. The van der Waals surface area contributed by atoms with Gasteiger partial charge in [0.1, 0.15) is 0 Å². The smallest absolute Gasteiger partial charge is 0.317 e. The lowest BCUT2D eigenvalue weighted by atomic mass is 9.91. The lowest BCUT2D eigenvalue weighted by Gasteiger charge is -2.37. The van der Waals surface area contributed by atoms with Crippen molar-refractivity contribution < 1.29 is 15.0 Å². The second-order valence-electron chi connectivity index (χ2n) is 6.46. The van der Waals surface area contributed by atoms with Gasteiger partial charge in [0.05, 0.1) is 6.54 Å². The minimum Gasteiger partial charge on any atom is -0.480 e. The number of hydrogen-bond acceptors (Lipinski definition) is 4. The Morgan fingerprint density at radius 3 is 2.60 bits per heavy atom. The van der Waals surface area contributed by atoms with E-state index in [9.17, 15) is 4.79 Å². The maximum Gasteiger partial charge on any atom is 0.317 e. The van der Waals surface area contributed by atoms with Gasteiger partial charge in [-0.1, -0.05) is 12.8 Å².